The quantitative estimate of drug-likeness (QED) is 0.877. The molecule has 17 heavy (non-hydrogen) atoms. The van der Waals surface area contributed by atoms with E-state index in [4.69, 9.17) is 5.73 Å². The molecule has 0 aliphatic carbocycles. The summed E-state index contributed by atoms with van der Waals surface area (Å²) in [4.78, 5) is 3.96. The molecule has 2 rings (SSSR count). The standard InChI is InChI=1S/C10H6BrF3N2O/c11-7-4-16-8-3-5(17-10(12,13)14)1-2-6(8)9(7)15/h1-4H,(H2,15,16). The summed E-state index contributed by atoms with van der Waals surface area (Å²) in [5.74, 6) is -0.320. The Bertz CT molecular complexity index is 571. The molecule has 0 radical (unpaired) electrons. The van der Waals surface area contributed by atoms with Crippen molar-refractivity contribution >= 4 is 32.5 Å². The lowest BCUT2D eigenvalue weighted by molar-refractivity contribution is -0.274. The molecule has 2 N–H and O–H groups in total. The Labute approximate surface area is 103 Å². The Morgan fingerprint density at radius 1 is 1.29 bits per heavy atom. The zero-order valence-electron chi connectivity index (χ0n) is 8.25. The second-order valence-electron chi connectivity index (χ2n) is 3.25. The first-order valence-corrected chi connectivity index (χ1v) is 5.25. The summed E-state index contributed by atoms with van der Waals surface area (Å²) in [6, 6.07) is 3.81. The van der Waals surface area contributed by atoms with Gasteiger partial charge in [0, 0.05) is 17.6 Å². The number of aromatic nitrogens is 1. The molecule has 0 amide bonds. The molecule has 0 fully saturated rings. The number of halogens is 4. The van der Waals surface area contributed by atoms with Crippen LogP contribution in [0, 0.1) is 0 Å². The molecule has 0 spiro atoms. The second kappa shape index (κ2) is 4.06. The number of nitrogens with two attached hydrogens (primary N) is 1. The predicted octanol–water partition coefficient (Wildman–Crippen LogP) is 3.48. The van der Waals surface area contributed by atoms with Crippen LogP contribution in [-0.2, 0) is 0 Å². The monoisotopic (exact) mass is 306 g/mol. The number of nitrogens with zero attached hydrogens (tertiary/aromatic N) is 1. The van der Waals surface area contributed by atoms with Crippen LogP contribution in [0.2, 0.25) is 0 Å². The summed E-state index contributed by atoms with van der Waals surface area (Å²) < 4.78 is 40.4. The van der Waals surface area contributed by atoms with Gasteiger partial charge >= 0.3 is 6.36 Å². The third kappa shape index (κ3) is 2.60. The molecule has 0 saturated carbocycles. The van der Waals surface area contributed by atoms with Crippen molar-refractivity contribution in [3.63, 3.8) is 0 Å². The molecule has 0 saturated heterocycles. The molecule has 90 valence electrons. The summed E-state index contributed by atoms with van der Waals surface area (Å²) in [5.41, 5.74) is 6.51. The first kappa shape index (κ1) is 12.0. The lowest BCUT2D eigenvalue weighted by Gasteiger charge is -2.10. The molecule has 7 heteroatoms. The van der Waals surface area contributed by atoms with Crippen LogP contribution in [-0.4, -0.2) is 11.3 Å². The van der Waals surface area contributed by atoms with Crippen LogP contribution < -0.4 is 10.5 Å². The van der Waals surface area contributed by atoms with E-state index in [1.54, 1.807) is 0 Å². The van der Waals surface area contributed by atoms with Crippen LogP contribution in [0.3, 0.4) is 0 Å². The highest BCUT2D eigenvalue weighted by Crippen LogP contribution is 2.31. The minimum Gasteiger partial charge on any atom is -0.406 e. The normalized spacial score (nSPS) is 11.8. The van der Waals surface area contributed by atoms with Crippen LogP contribution in [0.4, 0.5) is 18.9 Å². The number of pyridine rings is 1. The van der Waals surface area contributed by atoms with E-state index in [0.29, 0.717) is 21.1 Å². The van der Waals surface area contributed by atoms with Gasteiger partial charge in [0.25, 0.3) is 0 Å². The van der Waals surface area contributed by atoms with Crippen LogP contribution in [0.15, 0.2) is 28.9 Å². The van der Waals surface area contributed by atoms with Gasteiger partial charge in [0.2, 0.25) is 0 Å². The molecule has 0 unspecified atom stereocenters. The molecule has 1 heterocycles. The average Bonchev–Trinajstić information content (AvgIpc) is 2.21. The van der Waals surface area contributed by atoms with Crippen LogP contribution >= 0.6 is 15.9 Å². The van der Waals surface area contributed by atoms with E-state index in [1.165, 1.54) is 24.4 Å². The molecule has 1 aromatic heterocycles. The van der Waals surface area contributed by atoms with E-state index in [1.807, 2.05) is 0 Å². The molecule has 2 aromatic rings. The number of fused-ring (bicyclic) bond motifs is 1. The van der Waals surface area contributed by atoms with Gasteiger partial charge in [-0.3, -0.25) is 4.98 Å². The van der Waals surface area contributed by atoms with Crippen molar-refractivity contribution in [2.24, 2.45) is 0 Å². The lowest BCUT2D eigenvalue weighted by Crippen LogP contribution is -2.17. The maximum Gasteiger partial charge on any atom is 0.573 e. The topological polar surface area (TPSA) is 48.1 Å². The third-order valence-electron chi connectivity index (χ3n) is 2.07. The van der Waals surface area contributed by atoms with Crippen LogP contribution in [0.5, 0.6) is 5.75 Å². The Morgan fingerprint density at radius 3 is 2.65 bits per heavy atom. The molecule has 3 nitrogen and oxygen atoms in total. The first-order valence-electron chi connectivity index (χ1n) is 4.46. The smallest absolute Gasteiger partial charge is 0.406 e. The summed E-state index contributed by atoms with van der Waals surface area (Å²) in [7, 11) is 0. The first-order chi connectivity index (χ1) is 7.87. The van der Waals surface area contributed by atoms with E-state index in [0.717, 1.165) is 0 Å². The summed E-state index contributed by atoms with van der Waals surface area (Å²) in [6.07, 6.45) is -3.29. The zero-order chi connectivity index (χ0) is 12.6. The fraction of sp³-hybridized carbons (Fsp3) is 0.100. The number of rotatable bonds is 1. The van der Waals surface area contributed by atoms with E-state index in [2.05, 4.69) is 25.7 Å². The van der Waals surface area contributed by atoms with Gasteiger partial charge in [0.05, 0.1) is 15.7 Å². The highest BCUT2D eigenvalue weighted by atomic mass is 79.9. The Kier molecular flexibility index (Phi) is 2.86. The van der Waals surface area contributed by atoms with Crippen molar-refractivity contribution in [2.45, 2.75) is 6.36 Å². The second-order valence-corrected chi connectivity index (χ2v) is 4.10. The summed E-state index contributed by atoms with van der Waals surface area (Å²) in [6.45, 7) is 0. The van der Waals surface area contributed by atoms with Gasteiger partial charge in [-0.05, 0) is 28.1 Å². The van der Waals surface area contributed by atoms with E-state index in [-0.39, 0.29) is 5.75 Å². The highest BCUT2D eigenvalue weighted by Gasteiger charge is 2.31. The van der Waals surface area contributed by atoms with E-state index in [9.17, 15) is 13.2 Å². The molecular weight excluding hydrogens is 301 g/mol. The van der Waals surface area contributed by atoms with Crippen molar-refractivity contribution in [1.29, 1.82) is 0 Å². The SMILES string of the molecule is Nc1c(Br)cnc2cc(OC(F)(F)F)ccc12. The number of benzene rings is 1. The van der Waals surface area contributed by atoms with E-state index < -0.39 is 6.36 Å². The van der Waals surface area contributed by atoms with Crippen molar-refractivity contribution in [3.05, 3.63) is 28.9 Å². The number of nitrogen functional groups attached to an aromatic ring is 1. The molecule has 0 aliphatic heterocycles. The van der Waals surface area contributed by atoms with Crippen LogP contribution in [0.25, 0.3) is 10.9 Å². The molecule has 0 aliphatic rings. The van der Waals surface area contributed by atoms with E-state index >= 15 is 0 Å². The molecular formula is C10H6BrF3N2O. The third-order valence-corrected chi connectivity index (χ3v) is 2.70. The molecule has 1 aromatic carbocycles. The number of hydrogen-bond acceptors (Lipinski definition) is 3. The number of anilines is 1. The van der Waals surface area contributed by atoms with Crippen molar-refractivity contribution < 1.29 is 17.9 Å². The van der Waals surface area contributed by atoms with Gasteiger partial charge in [-0.2, -0.15) is 0 Å². The maximum absolute atomic E-state index is 12.0. The van der Waals surface area contributed by atoms with Crippen molar-refractivity contribution in [1.82, 2.24) is 4.98 Å². The minimum atomic E-state index is -4.71. The zero-order valence-corrected chi connectivity index (χ0v) is 9.84. The molecule has 0 bridgehead atoms. The van der Waals surface area contributed by atoms with Gasteiger partial charge in [0.15, 0.2) is 0 Å². The maximum atomic E-state index is 12.0. The fourth-order valence-corrected chi connectivity index (χ4v) is 1.68. The van der Waals surface area contributed by atoms with Crippen LogP contribution in [0.1, 0.15) is 0 Å². The lowest BCUT2D eigenvalue weighted by atomic mass is 10.2. The van der Waals surface area contributed by atoms with Gasteiger partial charge in [-0.1, -0.05) is 0 Å². The van der Waals surface area contributed by atoms with Crippen molar-refractivity contribution in [2.75, 3.05) is 5.73 Å². The number of alkyl halides is 3. The summed E-state index contributed by atoms with van der Waals surface area (Å²) in [5, 5.41) is 0.564. The Hall–Kier alpha value is -1.50. The van der Waals surface area contributed by atoms with Gasteiger partial charge in [-0.25, -0.2) is 0 Å². The van der Waals surface area contributed by atoms with Gasteiger partial charge in [-0.15, -0.1) is 13.2 Å². The Balaban J connectivity index is 2.49. The van der Waals surface area contributed by atoms with Gasteiger partial charge in [0.1, 0.15) is 5.75 Å². The number of ether oxygens (including phenoxy) is 1. The Morgan fingerprint density at radius 2 is 2.00 bits per heavy atom. The van der Waals surface area contributed by atoms with Crippen molar-refractivity contribution in [3.8, 4) is 5.75 Å². The van der Waals surface area contributed by atoms with Gasteiger partial charge < -0.3 is 10.5 Å². The summed E-state index contributed by atoms with van der Waals surface area (Å²) >= 11 is 3.18. The minimum absolute atomic E-state index is 0.320. The fourth-order valence-electron chi connectivity index (χ4n) is 1.37. The highest BCUT2D eigenvalue weighted by molar-refractivity contribution is 9.10. The molecule has 0 atom stereocenters. The predicted molar refractivity (Wildman–Crippen MR) is 60.5 cm³/mol. The number of hydrogen-bond donors (Lipinski definition) is 1. The average molecular weight is 307 g/mol. The largest absolute Gasteiger partial charge is 0.573 e.